The van der Waals surface area contributed by atoms with Crippen molar-refractivity contribution in [2.24, 2.45) is 5.10 Å². The summed E-state index contributed by atoms with van der Waals surface area (Å²) in [6.45, 7) is 1.00. The molecule has 8 heteroatoms. The van der Waals surface area contributed by atoms with Crippen LogP contribution < -0.4 is 14.9 Å². The molecule has 3 rings (SSSR count). The smallest absolute Gasteiger partial charge is 0.273 e. The second-order valence-electron chi connectivity index (χ2n) is 5.26. The van der Waals surface area contributed by atoms with E-state index in [2.05, 4.69) is 10.5 Å². The number of ether oxygens (including phenoxy) is 2. The second-order valence-corrected chi connectivity index (χ2v) is 5.26. The van der Waals surface area contributed by atoms with E-state index >= 15 is 0 Å². The van der Waals surface area contributed by atoms with Gasteiger partial charge in [0.1, 0.15) is 13.2 Å². The van der Waals surface area contributed by atoms with Gasteiger partial charge in [-0.25, -0.2) is 5.43 Å². The van der Waals surface area contributed by atoms with Gasteiger partial charge in [0.15, 0.2) is 11.5 Å². The van der Waals surface area contributed by atoms with Gasteiger partial charge in [0.25, 0.3) is 5.69 Å². The predicted octanol–water partition coefficient (Wildman–Crippen LogP) is 2.06. The zero-order chi connectivity index (χ0) is 17.6. The lowest BCUT2D eigenvalue weighted by Crippen LogP contribution is -2.20. The zero-order valence-corrected chi connectivity index (χ0v) is 13.2. The first kappa shape index (κ1) is 16.4. The summed E-state index contributed by atoms with van der Waals surface area (Å²) in [7, 11) is 0. The SMILES string of the molecule is O=C(Cc1ccccc1[N+](=O)[O-])N/N=C/c1ccc2c(c1)OCCO2. The van der Waals surface area contributed by atoms with Crippen LogP contribution in [0.4, 0.5) is 5.69 Å². The monoisotopic (exact) mass is 341 g/mol. The molecule has 8 nitrogen and oxygen atoms in total. The van der Waals surface area contributed by atoms with Gasteiger partial charge in [-0.15, -0.1) is 0 Å². The molecular formula is C17H15N3O5. The Bertz CT molecular complexity index is 835. The third-order valence-corrected chi connectivity index (χ3v) is 3.51. The highest BCUT2D eigenvalue weighted by Crippen LogP contribution is 2.30. The first-order valence-corrected chi connectivity index (χ1v) is 7.57. The standard InChI is InChI=1S/C17H15N3O5/c21-17(10-13-3-1-2-4-14(13)20(22)23)19-18-11-12-5-6-15-16(9-12)25-8-7-24-15/h1-6,9,11H,7-8,10H2,(H,19,21)/b18-11+. The van der Waals surface area contributed by atoms with Gasteiger partial charge < -0.3 is 9.47 Å². The van der Waals surface area contributed by atoms with Crippen LogP contribution in [0.25, 0.3) is 0 Å². The largest absolute Gasteiger partial charge is 0.486 e. The first-order chi connectivity index (χ1) is 12.1. The van der Waals surface area contributed by atoms with Gasteiger partial charge in [-0.3, -0.25) is 14.9 Å². The van der Waals surface area contributed by atoms with Crippen molar-refractivity contribution < 1.29 is 19.2 Å². The maximum Gasteiger partial charge on any atom is 0.273 e. The summed E-state index contributed by atoms with van der Waals surface area (Å²) in [4.78, 5) is 22.3. The molecule has 1 aliphatic rings. The Balaban J connectivity index is 1.61. The van der Waals surface area contributed by atoms with Crippen molar-refractivity contribution in [1.82, 2.24) is 5.43 Å². The third kappa shape index (κ3) is 4.11. The Kier molecular flexibility index (Phi) is 4.89. The molecule has 2 aromatic carbocycles. The number of carbonyl (C=O) groups is 1. The van der Waals surface area contributed by atoms with Crippen molar-refractivity contribution in [3.05, 3.63) is 63.7 Å². The number of hydrogen-bond acceptors (Lipinski definition) is 6. The average Bonchev–Trinajstić information content (AvgIpc) is 2.62. The second kappa shape index (κ2) is 7.43. The van der Waals surface area contributed by atoms with E-state index < -0.39 is 10.8 Å². The molecule has 0 atom stereocenters. The Morgan fingerprint density at radius 3 is 2.76 bits per heavy atom. The number of benzene rings is 2. The first-order valence-electron chi connectivity index (χ1n) is 7.57. The van der Waals surface area contributed by atoms with Crippen LogP contribution in [0.2, 0.25) is 0 Å². The number of amides is 1. The summed E-state index contributed by atoms with van der Waals surface area (Å²) < 4.78 is 10.9. The Morgan fingerprint density at radius 1 is 1.20 bits per heavy atom. The quantitative estimate of drug-likeness (QED) is 0.509. The van der Waals surface area contributed by atoms with E-state index in [0.717, 1.165) is 5.56 Å². The molecule has 2 aromatic rings. The number of hydrogen-bond donors (Lipinski definition) is 1. The number of nitro benzene ring substituents is 1. The molecule has 0 radical (unpaired) electrons. The van der Waals surface area contributed by atoms with Gasteiger partial charge in [-0.05, 0) is 23.8 Å². The van der Waals surface area contributed by atoms with E-state index in [1.54, 1.807) is 36.4 Å². The summed E-state index contributed by atoms with van der Waals surface area (Å²) in [6, 6.07) is 11.4. The van der Waals surface area contributed by atoms with Crippen molar-refractivity contribution >= 4 is 17.8 Å². The van der Waals surface area contributed by atoms with Crippen LogP contribution in [-0.4, -0.2) is 30.3 Å². The highest BCUT2D eigenvalue weighted by Gasteiger charge is 2.15. The van der Waals surface area contributed by atoms with E-state index in [4.69, 9.17) is 9.47 Å². The third-order valence-electron chi connectivity index (χ3n) is 3.51. The minimum absolute atomic E-state index is 0.0894. The van der Waals surface area contributed by atoms with Gasteiger partial charge in [0.2, 0.25) is 5.91 Å². The minimum Gasteiger partial charge on any atom is -0.486 e. The molecule has 25 heavy (non-hydrogen) atoms. The molecule has 0 aliphatic carbocycles. The van der Waals surface area contributed by atoms with Gasteiger partial charge in [0, 0.05) is 11.6 Å². The van der Waals surface area contributed by atoms with Crippen LogP contribution in [-0.2, 0) is 11.2 Å². The van der Waals surface area contributed by atoms with Crippen molar-refractivity contribution in [2.45, 2.75) is 6.42 Å². The van der Waals surface area contributed by atoms with Crippen molar-refractivity contribution in [2.75, 3.05) is 13.2 Å². The summed E-state index contributed by atoms with van der Waals surface area (Å²) in [5, 5.41) is 14.8. The van der Waals surface area contributed by atoms with E-state index in [1.165, 1.54) is 12.3 Å². The van der Waals surface area contributed by atoms with Crippen molar-refractivity contribution in [1.29, 1.82) is 0 Å². The number of fused-ring (bicyclic) bond motifs is 1. The predicted molar refractivity (Wildman–Crippen MR) is 90.0 cm³/mol. The summed E-state index contributed by atoms with van der Waals surface area (Å²) in [6.07, 6.45) is 1.34. The molecule has 0 bridgehead atoms. The van der Waals surface area contributed by atoms with Crippen LogP contribution >= 0.6 is 0 Å². The number of nitrogens with one attached hydrogen (secondary N) is 1. The average molecular weight is 341 g/mol. The fraction of sp³-hybridized carbons (Fsp3) is 0.176. The highest BCUT2D eigenvalue weighted by molar-refractivity contribution is 5.84. The highest BCUT2D eigenvalue weighted by atomic mass is 16.6. The lowest BCUT2D eigenvalue weighted by molar-refractivity contribution is -0.385. The fourth-order valence-electron chi connectivity index (χ4n) is 2.37. The van der Waals surface area contributed by atoms with Crippen molar-refractivity contribution in [3.8, 4) is 11.5 Å². The Hall–Kier alpha value is -3.42. The van der Waals surface area contributed by atoms with Gasteiger partial charge >= 0.3 is 0 Å². The molecule has 1 heterocycles. The van der Waals surface area contributed by atoms with E-state index in [9.17, 15) is 14.9 Å². The molecule has 128 valence electrons. The molecule has 0 saturated heterocycles. The normalized spacial score (nSPS) is 12.8. The molecular weight excluding hydrogens is 326 g/mol. The Morgan fingerprint density at radius 2 is 1.96 bits per heavy atom. The zero-order valence-electron chi connectivity index (χ0n) is 13.2. The molecule has 1 aliphatic heterocycles. The summed E-state index contributed by atoms with van der Waals surface area (Å²) in [5.74, 6) is 0.855. The summed E-state index contributed by atoms with van der Waals surface area (Å²) >= 11 is 0. The molecule has 0 saturated carbocycles. The molecule has 1 amide bonds. The van der Waals surface area contributed by atoms with Crippen LogP contribution in [0.1, 0.15) is 11.1 Å². The summed E-state index contributed by atoms with van der Waals surface area (Å²) in [5.41, 5.74) is 3.34. The molecule has 1 N–H and O–H groups in total. The molecule has 0 unspecified atom stereocenters. The van der Waals surface area contributed by atoms with Gasteiger partial charge in [0.05, 0.1) is 17.6 Å². The number of para-hydroxylation sites is 1. The lowest BCUT2D eigenvalue weighted by atomic mass is 10.1. The van der Waals surface area contributed by atoms with Crippen LogP contribution in [0, 0.1) is 10.1 Å². The number of nitrogens with zero attached hydrogens (tertiary/aromatic N) is 2. The Labute approximate surface area is 143 Å². The van der Waals surface area contributed by atoms with Crippen molar-refractivity contribution in [3.63, 3.8) is 0 Å². The van der Waals surface area contributed by atoms with Gasteiger partial charge in [-0.2, -0.15) is 5.10 Å². The van der Waals surface area contributed by atoms with Crippen LogP contribution in [0.5, 0.6) is 11.5 Å². The maximum absolute atomic E-state index is 11.9. The van der Waals surface area contributed by atoms with Gasteiger partial charge in [-0.1, -0.05) is 18.2 Å². The lowest BCUT2D eigenvalue weighted by Gasteiger charge is -2.18. The maximum atomic E-state index is 11.9. The van der Waals surface area contributed by atoms with E-state index in [1.807, 2.05) is 0 Å². The topological polar surface area (TPSA) is 103 Å². The molecule has 0 fully saturated rings. The fourth-order valence-corrected chi connectivity index (χ4v) is 2.37. The number of rotatable bonds is 5. The number of nitro groups is 1. The number of hydrazone groups is 1. The number of carbonyl (C=O) groups excluding carboxylic acids is 1. The molecule has 0 spiro atoms. The van der Waals surface area contributed by atoms with E-state index in [0.29, 0.717) is 30.3 Å². The minimum atomic E-state index is -0.513. The van der Waals surface area contributed by atoms with Crippen LogP contribution in [0.3, 0.4) is 0 Å². The van der Waals surface area contributed by atoms with E-state index in [-0.39, 0.29) is 12.1 Å². The molecule has 0 aromatic heterocycles. The van der Waals surface area contributed by atoms with Crippen LogP contribution in [0.15, 0.2) is 47.6 Å².